The number of nitrogens with zero attached hydrogens (tertiary/aromatic N) is 1. The summed E-state index contributed by atoms with van der Waals surface area (Å²) in [7, 11) is 0. The minimum atomic E-state index is -4.43. The summed E-state index contributed by atoms with van der Waals surface area (Å²) in [5, 5.41) is 0. The molecule has 0 N–H and O–H groups in total. The predicted octanol–water partition coefficient (Wildman–Crippen LogP) is 4.65. The van der Waals surface area contributed by atoms with Crippen molar-refractivity contribution in [3.8, 4) is 0 Å². The van der Waals surface area contributed by atoms with E-state index in [4.69, 9.17) is 0 Å². The van der Waals surface area contributed by atoms with Gasteiger partial charge >= 0.3 is 6.18 Å². The summed E-state index contributed by atoms with van der Waals surface area (Å²) >= 11 is 0. The van der Waals surface area contributed by atoms with Gasteiger partial charge in [-0.25, -0.2) is 4.39 Å². The van der Waals surface area contributed by atoms with E-state index in [0.29, 0.717) is 5.56 Å². The van der Waals surface area contributed by atoms with Crippen LogP contribution in [-0.2, 0) is 12.7 Å². The molecule has 0 spiro atoms. The van der Waals surface area contributed by atoms with Gasteiger partial charge < -0.3 is 4.90 Å². The molecule has 24 heavy (non-hydrogen) atoms. The number of hydrogen-bond acceptors (Lipinski definition) is 1. The normalized spacial score (nSPS) is 14.5. The van der Waals surface area contributed by atoms with E-state index in [0.717, 1.165) is 25.0 Å². The first-order valence-electron chi connectivity index (χ1n) is 7.57. The molecule has 1 saturated carbocycles. The molecule has 2 nitrogen and oxygen atoms in total. The van der Waals surface area contributed by atoms with E-state index >= 15 is 0 Å². The largest absolute Gasteiger partial charge is 0.416 e. The Kier molecular flexibility index (Phi) is 4.30. The van der Waals surface area contributed by atoms with Gasteiger partial charge in [0.2, 0.25) is 0 Å². The molecule has 0 radical (unpaired) electrons. The first-order valence-corrected chi connectivity index (χ1v) is 7.57. The lowest BCUT2D eigenvalue weighted by atomic mass is 10.1. The van der Waals surface area contributed by atoms with Crippen molar-refractivity contribution < 1.29 is 22.4 Å². The van der Waals surface area contributed by atoms with Gasteiger partial charge in [-0.2, -0.15) is 13.2 Å². The van der Waals surface area contributed by atoms with E-state index in [1.54, 1.807) is 17.0 Å². The Hall–Kier alpha value is -2.37. The number of carbonyl (C=O) groups is 1. The van der Waals surface area contributed by atoms with E-state index in [1.165, 1.54) is 24.3 Å². The summed E-state index contributed by atoms with van der Waals surface area (Å²) in [4.78, 5) is 14.2. The number of halogens is 4. The summed E-state index contributed by atoms with van der Waals surface area (Å²) in [6.45, 7) is 0.238. The van der Waals surface area contributed by atoms with E-state index in [2.05, 4.69) is 0 Å². The van der Waals surface area contributed by atoms with E-state index < -0.39 is 11.7 Å². The average Bonchev–Trinajstić information content (AvgIpc) is 3.36. The van der Waals surface area contributed by atoms with Gasteiger partial charge in [-0.1, -0.05) is 12.1 Å². The van der Waals surface area contributed by atoms with Gasteiger partial charge in [0.25, 0.3) is 5.91 Å². The van der Waals surface area contributed by atoms with Crippen LogP contribution in [0.5, 0.6) is 0 Å². The van der Waals surface area contributed by atoms with Crippen molar-refractivity contribution in [2.45, 2.75) is 31.6 Å². The maximum absolute atomic E-state index is 13.3. The number of amides is 1. The van der Waals surface area contributed by atoms with E-state index in [9.17, 15) is 22.4 Å². The number of carbonyl (C=O) groups excluding carboxylic acids is 1. The van der Waals surface area contributed by atoms with Crippen LogP contribution in [0.3, 0.4) is 0 Å². The third kappa shape index (κ3) is 3.75. The van der Waals surface area contributed by atoms with Crippen LogP contribution in [0, 0.1) is 5.82 Å². The van der Waals surface area contributed by atoms with Crippen molar-refractivity contribution >= 4 is 5.91 Å². The Bertz CT molecular complexity index is 735. The monoisotopic (exact) mass is 337 g/mol. The van der Waals surface area contributed by atoms with Crippen LogP contribution in [0.4, 0.5) is 17.6 Å². The lowest BCUT2D eigenvalue weighted by Gasteiger charge is -2.23. The standard InChI is InChI=1S/C18H15F4NO/c19-15-3-1-2-12(10-15)11-23(16-8-9-16)17(24)13-4-6-14(7-5-13)18(20,21)22/h1-7,10,16H,8-9,11H2. The molecule has 1 aliphatic carbocycles. The molecular formula is C18H15F4NO. The Morgan fingerprint density at radius 1 is 1.08 bits per heavy atom. The minimum absolute atomic E-state index is 0.0584. The number of hydrogen-bond donors (Lipinski definition) is 0. The van der Waals surface area contributed by atoms with Gasteiger partial charge in [-0.05, 0) is 54.8 Å². The second-order valence-corrected chi connectivity index (χ2v) is 5.87. The van der Waals surface area contributed by atoms with Crippen LogP contribution in [-0.4, -0.2) is 16.8 Å². The lowest BCUT2D eigenvalue weighted by molar-refractivity contribution is -0.137. The van der Waals surface area contributed by atoms with E-state index in [-0.39, 0.29) is 29.9 Å². The first-order chi connectivity index (χ1) is 11.3. The summed E-state index contributed by atoms with van der Waals surface area (Å²) in [6, 6.07) is 10.2. The molecule has 1 amide bonds. The molecule has 0 saturated heterocycles. The molecule has 0 aromatic heterocycles. The molecule has 2 aromatic rings. The highest BCUT2D eigenvalue weighted by Crippen LogP contribution is 2.32. The van der Waals surface area contributed by atoms with Crippen molar-refractivity contribution in [3.05, 3.63) is 71.0 Å². The van der Waals surface area contributed by atoms with Crippen molar-refractivity contribution in [2.24, 2.45) is 0 Å². The fourth-order valence-electron chi connectivity index (χ4n) is 2.55. The average molecular weight is 337 g/mol. The molecular weight excluding hydrogens is 322 g/mol. The molecule has 0 aliphatic heterocycles. The van der Waals surface area contributed by atoms with Gasteiger partial charge in [0.1, 0.15) is 5.82 Å². The van der Waals surface area contributed by atoms with Crippen LogP contribution in [0.1, 0.15) is 34.3 Å². The quantitative estimate of drug-likeness (QED) is 0.744. The molecule has 0 heterocycles. The number of alkyl halides is 3. The second-order valence-electron chi connectivity index (χ2n) is 5.87. The highest BCUT2D eigenvalue weighted by Gasteiger charge is 2.34. The highest BCUT2D eigenvalue weighted by atomic mass is 19.4. The van der Waals surface area contributed by atoms with Crippen molar-refractivity contribution in [1.29, 1.82) is 0 Å². The van der Waals surface area contributed by atoms with Crippen molar-refractivity contribution in [1.82, 2.24) is 4.90 Å². The second kappa shape index (κ2) is 6.26. The number of benzene rings is 2. The van der Waals surface area contributed by atoms with Gasteiger partial charge in [0, 0.05) is 18.2 Å². The van der Waals surface area contributed by atoms with Crippen LogP contribution in [0.25, 0.3) is 0 Å². The molecule has 126 valence electrons. The van der Waals surface area contributed by atoms with Gasteiger partial charge in [-0.15, -0.1) is 0 Å². The fourth-order valence-corrected chi connectivity index (χ4v) is 2.55. The molecule has 2 aromatic carbocycles. The van der Waals surface area contributed by atoms with Crippen LogP contribution >= 0.6 is 0 Å². The van der Waals surface area contributed by atoms with Crippen molar-refractivity contribution in [2.75, 3.05) is 0 Å². The molecule has 1 aliphatic rings. The molecule has 3 rings (SSSR count). The van der Waals surface area contributed by atoms with Gasteiger partial charge in [0.15, 0.2) is 0 Å². The zero-order valence-corrected chi connectivity index (χ0v) is 12.7. The maximum Gasteiger partial charge on any atom is 0.416 e. The zero-order valence-electron chi connectivity index (χ0n) is 12.7. The highest BCUT2D eigenvalue weighted by molar-refractivity contribution is 5.94. The molecule has 0 bridgehead atoms. The topological polar surface area (TPSA) is 20.3 Å². The Morgan fingerprint density at radius 2 is 1.75 bits per heavy atom. The fraction of sp³-hybridized carbons (Fsp3) is 0.278. The van der Waals surface area contributed by atoms with Crippen LogP contribution in [0.2, 0.25) is 0 Å². The third-order valence-electron chi connectivity index (χ3n) is 3.95. The van der Waals surface area contributed by atoms with Crippen LogP contribution in [0.15, 0.2) is 48.5 Å². The summed E-state index contributed by atoms with van der Waals surface area (Å²) < 4.78 is 51.1. The SMILES string of the molecule is O=C(c1ccc(C(F)(F)F)cc1)N(Cc1cccc(F)c1)C1CC1. The molecule has 0 atom stereocenters. The summed E-state index contributed by atoms with van der Waals surface area (Å²) in [5.74, 6) is -0.722. The summed E-state index contributed by atoms with van der Waals surface area (Å²) in [6.07, 6.45) is -2.73. The van der Waals surface area contributed by atoms with Crippen LogP contribution < -0.4 is 0 Å². The third-order valence-corrected chi connectivity index (χ3v) is 3.95. The molecule has 6 heteroatoms. The first kappa shape index (κ1) is 16.5. The smallest absolute Gasteiger partial charge is 0.331 e. The maximum atomic E-state index is 13.3. The predicted molar refractivity (Wildman–Crippen MR) is 80.7 cm³/mol. The van der Waals surface area contributed by atoms with E-state index in [1.807, 2.05) is 0 Å². The minimum Gasteiger partial charge on any atom is -0.331 e. The Labute approximate surface area is 136 Å². The van der Waals surface area contributed by atoms with Gasteiger partial charge in [0.05, 0.1) is 5.56 Å². The zero-order chi connectivity index (χ0) is 17.3. The van der Waals surface area contributed by atoms with Crippen molar-refractivity contribution in [3.63, 3.8) is 0 Å². The number of rotatable bonds is 4. The van der Waals surface area contributed by atoms with Gasteiger partial charge in [-0.3, -0.25) is 4.79 Å². The summed E-state index contributed by atoms with van der Waals surface area (Å²) in [5.41, 5.74) is 0.0654. The molecule has 1 fully saturated rings. The lowest BCUT2D eigenvalue weighted by Crippen LogP contribution is -2.32. The Balaban J connectivity index is 1.80. The molecule has 0 unspecified atom stereocenters. The Morgan fingerprint density at radius 3 is 2.29 bits per heavy atom.